The molecular formula is C25H27ClN8O3S2. The predicted molar refractivity (Wildman–Crippen MR) is 147 cm³/mol. The van der Waals surface area contributed by atoms with E-state index in [1.165, 1.54) is 15.6 Å². The van der Waals surface area contributed by atoms with Crippen molar-refractivity contribution in [3.8, 4) is 0 Å². The fourth-order valence-electron chi connectivity index (χ4n) is 5.19. The zero-order valence-corrected chi connectivity index (χ0v) is 23.6. The first-order valence-corrected chi connectivity index (χ1v) is 15.3. The third kappa shape index (κ3) is 5.29. The average molecular weight is 587 g/mol. The Bertz CT molecular complexity index is 1630. The molecule has 204 valence electrons. The van der Waals surface area contributed by atoms with Crippen LogP contribution < -0.4 is 0 Å². The Balaban J connectivity index is 1.26. The second-order valence-electron chi connectivity index (χ2n) is 9.91. The number of piperazine rings is 1. The molecule has 1 unspecified atom stereocenters. The predicted octanol–water partition coefficient (Wildman–Crippen LogP) is 2.60. The van der Waals surface area contributed by atoms with E-state index in [2.05, 4.69) is 37.6 Å². The van der Waals surface area contributed by atoms with Crippen molar-refractivity contribution in [1.82, 2.24) is 39.7 Å². The molecule has 14 heteroatoms. The fourth-order valence-corrected chi connectivity index (χ4v) is 8.01. The number of tetrazole rings is 1. The fraction of sp³-hybridized carbons (Fsp3) is 0.400. The van der Waals surface area contributed by atoms with Gasteiger partial charge in [0.25, 0.3) is 5.91 Å². The summed E-state index contributed by atoms with van der Waals surface area (Å²) in [4.78, 5) is 23.7. The molecule has 1 amide bonds. The second kappa shape index (κ2) is 10.5. The van der Waals surface area contributed by atoms with Crippen LogP contribution in [0, 0.1) is 0 Å². The molecule has 1 fully saturated rings. The van der Waals surface area contributed by atoms with E-state index in [-0.39, 0.29) is 36.5 Å². The quantitative estimate of drug-likeness (QED) is 0.365. The van der Waals surface area contributed by atoms with Crippen LogP contribution in [0.15, 0.2) is 41.3 Å². The molecule has 0 aliphatic carbocycles. The summed E-state index contributed by atoms with van der Waals surface area (Å²) in [5, 5.41) is 16.8. The maximum atomic E-state index is 13.7. The Morgan fingerprint density at radius 3 is 2.79 bits per heavy atom. The van der Waals surface area contributed by atoms with Crippen LogP contribution in [-0.4, -0.2) is 93.3 Å². The molecule has 1 N–H and O–H groups in total. The molecule has 2 aromatic carbocycles. The van der Waals surface area contributed by atoms with Gasteiger partial charge in [0.2, 0.25) is 10.0 Å². The van der Waals surface area contributed by atoms with E-state index in [1.54, 1.807) is 35.2 Å². The summed E-state index contributed by atoms with van der Waals surface area (Å²) in [6, 6.07) is 10.0. The SMILES string of the molecule is CN1CCc2nc(C(=O)N3CCN(S(=O)(=O)c4ccc5cc(Cl)ccc5c4)CC3CCc3nn[nH]n3)sc2C1. The summed E-state index contributed by atoms with van der Waals surface area (Å²) in [5.74, 6) is 0.359. The third-order valence-electron chi connectivity index (χ3n) is 7.31. The van der Waals surface area contributed by atoms with Gasteiger partial charge >= 0.3 is 0 Å². The van der Waals surface area contributed by atoms with Crippen molar-refractivity contribution in [3.05, 3.63) is 62.8 Å². The van der Waals surface area contributed by atoms with Crippen molar-refractivity contribution < 1.29 is 13.2 Å². The van der Waals surface area contributed by atoms with E-state index < -0.39 is 10.0 Å². The minimum atomic E-state index is -3.80. The van der Waals surface area contributed by atoms with Crippen LogP contribution in [0.4, 0.5) is 0 Å². The van der Waals surface area contributed by atoms with Gasteiger partial charge in [0.1, 0.15) is 0 Å². The van der Waals surface area contributed by atoms with Gasteiger partial charge in [-0.05, 0) is 48.5 Å². The van der Waals surface area contributed by atoms with Crippen LogP contribution in [0.5, 0.6) is 0 Å². The molecule has 1 saturated heterocycles. The first kappa shape index (κ1) is 26.3. The number of hydrogen-bond donors (Lipinski definition) is 1. The molecule has 0 saturated carbocycles. The summed E-state index contributed by atoms with van der Waals surface area (Å²) in [7, 11) is -1.74. The normalized spacial score (nSPS) is 18.9. The van der Waals surface area contributed by atoms with Gasteiger partial charge in [0.05, 0.1) is 10.6 Å². The second-order valence-corrected chi connectivity index (χ2v) is 13.4. The molecule has 4 heterocycles. The van der Waals surface area contributed by atoms with Crippen LogP contribution in [0.3, 0.4) is 0 Å². The number of amides is 1. The van der Waals surface area contributed by atoms with Gasteiger partial charge in [-0.15, -0.1) is 21.5 Å². The van der Waals surface area contributed by atoms with E-state index in [4.69, 9.17) is 11.6 Å². The van der Waals surface area contributed by atoms with Crippen molar-refractivity contribution in [2.24, 2.45) is 0 Å². The molecule has 0 bridgehead atoms. The minimum absolute atomic E-state index is 0.158. The van der Waals surface area contributed by atoms with Gasteiger partial charge in [0, 0.05) is 61.5 Å². The zero-order valence-electron chi connectivity index (χ0n) is 21.2. The number of fused-ring (bicyclic) bond motifs is 2. The van der Waals surface area contributed by atoms with Gasteiger partial charge in [0.15, 0.2) is 10.8 Å². The third-order valence-corrected chi connectivity index (χ3v) is 10.5. The van der Waals surface area contributed by atoms with Crippen LogP contribution in [0.25, 0.3) is 10.8 Å². The highest BCUT2D eigenvalue weighted by molar-refractivity contribution is 7.89. The Labute approximate surface area is 234 Å². The number of likely N-dealkylation sites (N-methyl/N-ethyl adjacent to an activating group) is 1. The largest absolute Gasteiger partial charge is 0.331 e. The number of aryl methyl sites for hydroxylation is 1. The lowest BCUT2D eigenvalue weighted by Gasteiger charge is -2.40. The standard InChI is InChI=1S/C25H27ClN8O3S2/c1-32-9-8-21-22(15-32)38-24(27-21)25(35)34-11-10-33(14-19(34)5-7-23-28-30-31-29-23)39(36,37)20-6-3-16-12-18(26)4-2-17(16)13-20/h2-4,6,12-13,19H,5,7-11,14-15H2,1H3,(H,28,29,30,31). The Hall–Kier alpha value is -2.97. The van der Waals surface area contributed by atoms with Crippen molar-refractivity contribution >= 4 is 49.6 Å². The molecule has 4 aromatic rings. The molecule has 0 spiro atoms. The number of H-pyrrole nitrogens is 1. The Kier molecular flexibility index (Phi) is 7.10. The lowest BCUT2D eigenvalue weighted by molar-refractivity contribution is 0.0550. The molecule has 0 radical (unpaired) electrons. The smallest absolute Gasteiger partial charge is 0.283 e. The number of halogens is 1. The van der Waals surface area contributed by atoms with E-state index in [0.717, 1.165) is 40.9 Å². The number of rotatable bonds is 6. The van der Waals surface area contributed by atoms with Crippen LogP contribution in [0.1, 0.15) is 32.6 Å². The highest BCUT2D eigenvalue weighted by Crippen LogP contribution is 2.29. The molecule has 1 atom stereocenters. The first-order chi connectivity index (χ1) is 18.8. The highest BCUT2D eigenvalue weighted by atomic mass is 35.5. The van der Waals surface area contributed by atoms with Crippen molar-refractivity contribution in [2.45, 2.75) is 36.7 Å². The van der Waals surface area contributed by atoms with E-state index in [9.17, 15) is 13.2 Å². The number of carbonyl (C=O) groups is 1. The van der Waals surface area contributed by atoms with E-state index in [1.807, 2.05) is 6.07 Å². The minimum Gasteiger partial charge on any atom is -0.331 e. The Morgan fingerprint density at radius 1 is 1.15 bits per heavy atom. The summed E-state index contributed by atoms with van der Waals surface area (Å²) < 4.78 is 28.9. The number of sulfonamides is 1. The molecule has 11 nitrogen and oxygen atoms in total. The Morgan fingerprint density at radius 2 is 1.97 bits per heavy atom. The molecule has 2 aliphatic rings. The molecule has 6 rings (SSSR count). The molecular weight excluding hydrogens is 560 g/mol. The van der Waals surface area contributed by atoms with Gasteiger partial charge in [-0.1, -0.05) is 28.9 Å². The van der Waals surface area contributed by atoms with E-state index in [0.29, 0.717) is 28.7 Å². The van der Waals surface area contributed by atoms with Gasteiger partial charge < -0.3 is 9.80 Å². The number of aromatic nitrogens is 5. The monoisotopic (exact) mass is 586 g/mol. The number of benzene rings is 2. The van der Waals surface area contributed by atoms with Crippen molar-refractivity contribution in [1.29, 1.82) is 0 Å². The van der Waals surface area contributed by atoms with Crippen molar-refractivity contribution in [2.75, 3.05) is 33.2 Å². The summed E-state index contributed by atoms with van der Waals surface area (Å²) in [6.07, 6.45) is 1.76. The summed E-state index contributed by atoms with van der Waals surface area (Å²) >= 11 is 7.53. The number of carbonyl (C=O) groups excluding carboxylic acids is 1. The van der Waals surface area contributed by atoms with Gasteiger partial charge in [-0.2, -0.15) is 9.52 Å². The summed E-state index contributed by atoms with van der Waals surface area (Å²) in [5.41, 5.74) is 0.989. The summed E-state index contributed by atoms with van der Waals surface area (Å²) in [6.45, 7) is 2.32. The van der Waals surface area contributed by atoms with Crippen molar-refractivity contribution in [3.63, 3.8) is 0 Å². The number of nitrogens with one attached hydrogen (secondary N) is 1. The zero-order chi connectivity index (χ0) is 27.1. The van der Waals surface area contributed by atoms with Crippen LogP contribution >= 0.6 is 22.9 Å². The molecule has 39 heavy (non-hydrogen) atoms. The lowest BCUT2D eigenvalue weighted by Crippen LogP contribution is -2.56. The molecule has 2 aliphatic heterocycles. The van der Waals surface area contributed by atoms with Gasteiger partial charge in [-0.25, -0.2) is 13.4 Å². The molecule has 2 aromatic heterocycles. The highest BCUT2D eigenvalue weighted by Gasteiger charge is 2.38. The maximum absolute atomic E-state index is 13.7. The first-order valence-electron chi connectivity index (χ1n) is 12.7. The maximum Gasteiger partial charge on any atom is 0.283 e. The van der Waals surface area contributed by atoms with Crippen LogP contribution in [0.2, 0.25) is 5.02 Å². The average Bonchev–Trinajstić information content (AvgIpc) is 3.61. The van der Waals surface area contributed by atoms with Gasteiger partial charge in [-0.3, -0.25) is 4.79 Å². The number of nitrogens with zero attached hydrogens (tertiary/aromatic N) is 7. The number of aromatic amines is 1. The number of hydrogen-bond acceptors (Lipinski definition) is 9. The topological polar surface area (TPSA) is 128 Å². The number of thiazole rings is 1. The lowest BCUT2D eigenvalue weighted by atomic mass is 10.1. The van der Waals surface area contributed by atoms with Crippen LogP contribution in [-0.2, 0) is 29.4 Å². The van der Waals surface area contributed by atoms with E-state index >= 15 is 0 Å².